The van der Waals surface area contributed by atoms with Crippen molar-refractivity contribution in [3.05, 3.63) is 0 Å². The van der Waals surface area contributed by atoms with Gasteiger partial charge >= 0.3 is 5.97 Å². The Morgan fingerprint density at radius 3 is 2.10 bits per heavy atom. The molecule has 0 aliphatic rings. The molecule has 0 aliphatic carbocycles. The van der Waals surface area contributed by atoms with Gasteiger partial charge in [-0.1, -0.05) is 6.92 Å². The fraction of sp³-hybridized carbons (Fsp3) is 1.00. The minimum Gasteiger partial charge on any atom is -0.870 e. The van der Waals surface area contributed by atoms with Crippen molar-refractivity contribution < 1.29 is 26.1 Å². The molecule has 0 rings (SSSR count). The number of nitrogens with two attached hydrogens (primary N) is 1. The Balaban J connectivity index is 0. The summed E-state index contributed by atoms with van der Waals surface area (Å²) in [4.78, 5) is 0. The van der Waals surface area contributed by atoms with Gasteiger partial charge in [-0.05, 0) is 6.42 Å². The van der Waals surface area contributed by atoms with Crippen LogP contribution in [0.4, 0.5) is 0 Å². The van der Waals surface area contributed by atoms with Gasteiger partial charge in [0.2, 0.25) is 0 Å². The average molecular weight is 153 g/mol. The summed E-state index contributed by atoms with van der Waals surface area (Å²) in [6, 6.07) is 0. The molecule has 64 valence electrons. The zero-order valence-corrected chi connectivity index (χ0v) is 5.99. The number of quaternary nitrogens is 1. The molecule has 0 atom stereocenters. The molecule has 0 spiro atoms. The van der Waals surface area contributed by atoms with E-state index in [0.29, 0.717) is 0 Å². The molecule has 10 heavy (non-hydrogen) atoms. The molecule has 5 nitrogen and oxygen atoms in total. The van der Waals surface area contributed by atoms with Crippen LogP contribution in [0.5, 0.6) is 0 Å². The van der Waals surface area contributed by atoms with Crippen molar-refractivity contribution in [1.82, 2.24) is 0 Å². The molecule has 0 bridgehead atoms. The van der Waals surface area contributed by atoms with Gasteiger partial charge in [-0.3, -0.25) is 0 Å². The van der Waals surface area contributed by atoms with E-state index in [1.165, 1.54) is 0 Å². The topological polar surface area (TPSA) is 107 Å². The highest BCUT2D eigenvalue weighted by atomic mass is 16.7. The summed E-state index contributed by atoms with van der Waals surface area (Å²) in [5, 5.41) is 26.6. The second kappa shape index (κ2) is 5.57. The lowest BCUT2D eigenvalue weighted by molar-refractivity contribution is -0.687. The fourth-order valence-corrected chi connectivity index (χ4v) is 0.500. The molecule has 0 aromatic heterocycles. The van der Waals surface area contributed by atoms with Crippen molar-refractivity contribution in [2.75, 3.05) is 13.1 Å². The molecule has 6 N–H and O–H groups in total. The van der Waals surface area contributed by atoms with Crippen molar-refractivity contribution in [3.8, 4) is 0 Å². The van der Waals surface area contributed by atoms with E-state index >= 15 is 0 Å². The first-order valence-corrected chi connectivity index (χ1v) is 3.05. The quantitative estimate of drug-likeness (QED) is 0.262. The summed E-state index contributed by atoms with van der Waals surface area (Å²) in [7, 11) is 0. The molecule has 5 heteroatoms. The Morgan fingerprint density at radius 2 is 1.80 bits per heavy atom. The third-order valence-electron chi connectivity index (χ3n) is 0.911. The van der Waals surface area contributed by atoms with E-state index < -0.39 is 5.97 Å². The van der Waals surface area contributed by atoms with Gasteiger partial charge in [0.05, 0.1) is 6.54 Å². The summed E-state index contributed by atoms with van der Waals surface area (Å²) < 4.78 is 0. The van der Waals surface area contributed by atoms with Crippen LogP contribution in [0.1, 0.15) is 13.3 Å². The van der Waals surface area contributed by atoms with Gasteiger partial charge in [0.25, 0.3) is 0 Å². The van der Waals surface area contributed by atoms with Crippen LogP contribution in [0.2, 0.25) is 0 Å². The van der Waals surface area contributed by atoms with E-state index in [9.17, 15) is 0 Å². The van der Waals surface area contributed by atoms with Crippen LogP contribution < -0.4 is 5.32 Å². The maximum Gasteiger partial charge on any atom is 0.327 e. The summed E-state index contributed by atoms with van der Waals surface area (Å²) in [5.41, 5.74) is 0. The molecule has 0 aromatic rings. The highest BCUT2D eigenvalue weighted by Crippen LogP contribution is 1.82. The third-order valence-corrected chi connectivity index (χ3v) is 0.911. The zero-order valence-electron chi connectivity index (χ0n) is 5.99. The van der Waals surface area contributed by atoms with Crippen molar-refractivity contribution >= 4 is 0 Å². The Labute approximate surface area is 59.6 Å². The Morgan fingerprint density at radius 1 is 1.30 bits per heavy atom. The Hall–Kier alpha value is -0.200. The predicted octanol–water partition coefficient (Wildman–Crippen LogP) is -2.59. The lowest BCUT2D eigenvalue weighted by Crippen LogP contribution is -2.88. The van der Waals surface area contributed by atoms with E-state index in [0.717, 1.165) is 13.0 Å². The van der Waals surface area contributed by atoms with Crippen LogP contribution in [-0.4, -0.2) is 39.9 Å². The van der Waals surface area contributed by atoms with Crippen molar-refractivity contribution in [3.63, 3.8) is 0 Å². The lowest BCUT2D eigenvalue weighted by atomic mass is 10.4. The fourth-order valence-electron chi connectivity index (χ4n) is 0.500. The van der Waals surface area contributed by atoms with E-state index in [2.05, 4.69) is 0 Å². The normalized spacial score (nSPS) is 10.8. The Bertz CT molecular complexity index is 70.5. The minimum atomic E-state index is -2.50. The van der Waals surface area contributed by atoms with Crippen molar-refractivity contribution in [2.45, 2.75) is 19.3 Å². The van der Waals surface area contributed by atoms with Crippen molar-refractivity contribution in [1.29, 1.82) is 0 Å². The molecule has 0 unspecified atom stereocenters. The van der Waals surface area contributed by atoms with Crippen LogP contribution in [0.25, 0.3) is 0 Å². The van der Waals surface area contributed by atoms with Gasteiger partial charge in [0.1, 0.15) is 0 Å². The van der Waals surface area contributed by atoms with Gasteiger partial charge < -0.3 is 26.1 Å². The molecule has 0 saturated carbocycles. The third kappa shape index (κ3) is 10.7. The molecular weight excluding hydrogens is 138 g/mol. The first kappa shape index (κ1) is 12.5. The van der Waals surface area contributed by atoms with Gasteiger partial charge in [-0.2, -0.15) is 0 Å². The smallest absolute Gasteiger partial charge is 0.327 e. The summed E-state index contributed by atoms with van der Waals surface area (Å²) in [6.45, 7) is 2.69. The second-order valence-electron chi connectivity index (χ2n) is 2.06. The number of hydrogen-bond acceptors (Lipinski definition) is 4. The standard InChI is InChI=1S/C5H13NO3.H2O/c1-2-3-6-4-5(7,8)9;/h6-9H,2-4H2,1H3;1H2. The number of aliphatic hydroxyl groups is 3. The highest BCUT2D eigenvalue weighted by Gasteiger charge is 2.19. The molecule has 0 amide bonds. The SMILES string of the molecule is CCC[NH2+]CC(O)(O)O.[OH-]. The zero-order chi connectivity index (χ0) is 7.33. The van der Waals surface area contributed by atoms with Crippen LogP contribution >= 0.6 is 0 Å². The van der Waals surface area contributed by atoms with Crippen LogP contribution in [0, 0.1) is 0 Å². The minimum absolute atomic E-state index is 0. The lowest BCUT2D eigenvalue weighted by Gasteiger charge is -2.10. The maximum absolute atomic E-state index is 8.32. The van der Waals surface area contributed by atoms with E-state index in [4.69, 9.17) is 15.3 Å². The summed E-state index contributed by atoms with van der Waals surface area (Å²) in [6.07, 6.45) is 0.954. The van der Waals surface area contributed by atoms with Crippen LogP contribution in [-0.2, 0) is 0 Å². The molecule has 0 fully saturated rings. The molecule has 0 radical (unpaired) electrons. The molecule has 0 aromatic carbocycles. The van der Waals surface area contributed by atoms with E-state index in [1.807, 2.05) is 6.92 Å². The largest absolute Gasteiger partial charge is 0.870 e. The van der Waals surface area contributed by atoms with Gasteiger partial charge in [-0.25, -0.2) is 0 Å². The number of rotatable bonds is 4. The van der Waals surface area contributed by atoms with Crippen LogP contribution in [0.15, 0.2) is 0 Å². The molecule has 0 saturated heterocycles. The van der Waals surface area contributed by atoms with E-state index in [-0.39, 0.29) is 12.0 Å². The molecule has 0 heterocycles. The van der Waals surface area contributed by atoms with Gasteiger partial charge in [0, 0.05) is 0 Å². The van der Waals surface area contributed by atoms with E-state index in [1.54, 1.807) is 5.32 Å². The van der Waals surface area contributed by atoms with Crippen LogP contribution in [0.3, 0.4) is 0 Å². The van der Waals surface area contributed by atoms with Crippen molar-refractivity contribution in [2.24, 2.45) is 0 Å². The summed E-state index contributed by atoms with van der Waals surface area (Å²) in [5.74, 6) is -2.50. The average Bonchev–Trinajstić information content (AvgIpc) is 1.63. The van der Waals surface area contributed by atoms with Gasteiger partial charge in [0.15, 0.2) is 6.54 Å². The molecule has 0 aliphatic heterocycles. The Kier molecular flexibility index (Phi) is 6.95. The molecular formula is C5H15NO4. The highest BCUT2D eigenvalue weighted by molar-refractivity contribution is 4.36. The monoisotopic (exact) mass is 153 g/mol. The predicted molar refractivity (Wildman–Crippen MR) is 33.3 cm³/mol. The second-order valence-corrected chi connectivity index (χ2v) is 2.06. The van der Waals surface area contributed by atoms with Gasteiger partial charge in [-0.15, -0.1) is 0 Å². The number of hydrogen-bond donors (Lipinski definition) is 4. The first-order valence-electron chi connectivity index (χ1n) is 3.05. The maximum atomic E-state index is 8.32. The first-order chi connectivity index (χ1) is 4.06. The summed E-state index contributed by atoms with van der Waals surface area (Å²) >= 11 is 0.